The molecule has 0 aromatic heterocycles. The van der Waals surface area contributed by atoms with Crippen LogP contribution in [0.2, 0.25) is 5.02 Å². The molecule has 0 spiro atoms. The van der Waals surface area contributed by atoms with E-state index in [4.69, 9.17) is 21.1 Å². The van der Waals surface area contributed by atoms with Gasteiger partial charge in [0.1, 0.15) is 11.2 Å². The molecule has 0 aliphatic carbocycles. The third-order valence-electron chi connectivity index (χ3n) is 4.69. The van der Waals surface area contributed by atoms with Crippen LogP contribution < -0.4 is 4.74 Å². The number of halogens is 1. The lowest BCUT2D eigenvalue weighted by molar-refractivity contribution is -0.00316. The molecule has 2 N–H and O–H groups in total. The Bertz CT molecular complexity index is 752. The van der Waals surface area contributed by atoms with Gasteiger partial charge in [-0.3, -0.25) is 0 Å². The maximum absolute atomic E-state index is 10.5. The molecule has 3 rings (SSSR count). The normalized spacial score (nSPS) is 25.4. The highest BCUT2D eigenvalue weighted by molar-refractivity contribution is 8.00. The number of aliphatic hydroxyl groups excluding tert-OH is 2. The summed E-state index contributed by atoms with van der Waals surface area (Å²) in [6.45, 7) is 2.61. The van der Waals surface area contributed by atoms with Crippen LogP contribution in [0.4, 0.5) is 0 Å². The van der Waals surface area contributed by atoms with Crippen LogP contribution in [0.15, 0.2) is 42.5 Å². The first-order valence-corrected chi connectivity index (χ1v) is 10.4. The van der Waals surface area contributed by atoms with Crippen LogP contribution >= 0.6 is 23.4 Å². The average molecular weight is 409 g/mol. The lowest BCUT2D eigenvalue weighted by Crippen LogP contribution is -2.37. The number of thioether (sulfide) groups is 1. The molecule has 1 aliphatic rings. The summed E-state index contributed by atoms with van der Waals surface area (Å²) in [6, 6.07) is 13.9. The fraction of sp³-hybridized carbons (Fsp3) is 0.429. The first kappa shape index (κ1) is 20.5. The molecule has 27 heavy (non-hydrogen) atoms. The molecule has 1 heterocycles. The van der Waals surface area contributed by atoms with Crippen LogP contribution in [0.5, 0.6) is 5.75 Å². The van der Waals surface area contributed by atoms with Crippen LogP contribution in [0.1, 0.15) is 35.3 Å². The second-order valence-corrected chi connectivity index (χ2v) is 8.29. The number of rotatable bonds is 6. The minimum absolute atomic E-state index is 0.158. The van der Waals surface area contributed by atoms with E-state index < -0.39 is 12.2 Å². The van der Waals surface area contributed by atoms with Crippen LogP contribution in [0.3, 0.4) is 0 Å². The van der Waals surface area contributed by atoms with Gasteiger partial charge in [0.2, 0.25) is 0 Å². The van der Waals surface area contributed by atoms with E-state index in [0.29, 0.717) is 24.5 Å². The Labute approximate surface area is 169 Å². The van der Waals surface area contributed by atoms with Crippen molar-refractivity contribution in [3.63, 3.8) is 0 Å². The molecule has 1 saturated heterocycles. The number of hydrogen-bond donors (Lipinski definition) is 2. The highest BCUT2D eigenvalue weighted by Gasteiger charge is 2.37. The summed E-state index contributed by atoms with van der Waals surface area (Å²) >= 11 is 7.87. The quantitative estimate of drug-likeness (QED) is 0.750. The summed E-state index contributed by atoms with van der Waals surface area (Å²) in [6.07, 6.45) is -0.298. The Balaban J connectivity index is 1.79. The lowest BCUT2D eigenvalue weighted by atomic mass is 9.97. The maximum atomic E-state index is 10.5. The predicted molar refractivity (Wildman–Crippen MR) is 110 cm³/mol. The van der Waals surface area contributed by atoms with E-state index in [0.717, 1.165) is 22.4 Å². The van der Waals surface area contributed by atoms with Crippen LogP contribution in [-0.2, 0) is 11.2 Å². The topological polar surface area (TPSA) is 58.9 Å². The maximum Gasteiger partial charge on any atom is 0.129 e. The van der Waals surface area contributed by atoms with Gasteiger partial charge < -0.3 is 19.7 Å². The predicted octanol–water partition coefficient (Wildman–Crippen LogP) is 4.20. The molecular weight excluding hydrogens is 384 g/mol. The fourth-order valence-corrected chi connectivity index (χ4v) is 4.79. The van der Waals surface area contributed by atoms with E-state index in [1.165, 1.54) is 11.8 Å². The molecule has 0 saturated carbocycles. The highest BCUT2D eigenvalue weighted by Crippen LogP contribution is 2.44. The Kier molecular flexibility index (Phi) is 7.06. The number of hydrogen-bond acceptors (Lipinski definition) is 5. The first-order chi connectivity index (χ1) is 13.0. The summed E-state index contributed by atoms with van der Waals surface area (Å²) in [5, 5.41) is 21.0. The van der Waals surface area contributed by atoms with E-state index in [1.807, 2.05) is 49.4 Å². The summed E-state index contributed by atoms with van der Waals surface area (Å²) < 4.78 is 10.8. The van der Waals surface area contributed by atoms with Gasteiger partial charge in [-0.1, -0.05) is 35.9 Å². The lowest BCUT2D eigenvalue weighted by Gasteiger charge is -2.36. The standard InChI is InChI=1S/C21H25ClO4S/c1-3-26-16-7-4-13(5-8-16)10-15-11-14(6-9-17(15)22)20-18(23)12-19(24)21(25-2)27-20/h4-9,11,18-21,23-24H,3,10,12H2,1-2H3/t18?,19?,20-,21?/m0/s1. The molecule has 2 aromatic carbocycles. The molecule has 0 amide bonds. The van der Waals surface area contributed by atoms with Gasteiger partial charge in [-0.2, -0.15) is 0 Å². The van der Waals surface area contributed by atoms with Crippen molar-refractivity contribution >= 4 is 23.4 Å². The van der Waals surface area contributed by atoms with Crippen LogP contribution in [0, 0.1) is 0 Å². The third kappa shape index (κ3) is 4.98. The second kappa shape index (κ2) is 9.30. The van der Waals surface area contributed by atoms with Crippen molar-refractivity contribution < 1.29 is 19.7 Å². The summed E-state index contributed by atoms with van der Waals surface area (Å²) in [7, 11) is 1.58. The first-order valence-electron chi connectivity index (χ1n) is 9.06. The zero-order chi connectivity index (χ0) is 19.4. The molecule has 4 atom stereocenters. The van der Waals surface area contributed by atoms with Crippen molar-refractivity contribution in [2.45, 2.75) is 42.7 Å². The number of methoxy groups -OCH3 is 1. The zero-order valence-corrected chi connectivity index (χ0v) is 17.0. The minimum Gasteiger partial charge on any atom is -0.494 e. The SMILES string of the molecule is CCOc1ccc(Cc2cc([C@@H]3SC(OC)C(O)CC3O)ccc2Cl)cc1. The second-order valence-electron chi connectivity index (χ2n) is 6.64. The summed E-state index contributed by atoms with van der Waals surface area (Å²) in [5.41, 5.74) is 2.79. The molecule has 6 heteroatoms. The summed E-state index contributed by atoms with van der Waals surface area (Å²) in [4.78, 5) is 0. The van der Waals surface area contributed by atoms with Gasteiger partial charge in [-0.05, 0) is 48.2 Å². The minimum atomic E-state index is -0.665. The Morgan fingerprint density at radius 1 is 1.11 bits per heavy atom. The van der Waals surface area contributed by atoms with Gasteiger partial charge in [-0.25, -0.2) is 0 Å². The Hall–Kier alpha value is -1.24. The molecule has 3 unspecified atom stereocenters. The molecule has 4 nitrogen and oxygen atoms in total. The van der Waals surface area contributed by atoms with E-state index >= 15 is 0 Å². The molecular formula is C21H25ClO4S. The molecule has 1 fully saturated rings. The monoisotopic (exact) mass is 408 g/mol. The van der Waals surface area contributed by atoms with Crippen LogP contribution in [0.25, 0.3) is 0 Å². The third-order valence-corrected chi connectivity index (χ3v) is 6.71. The van der Waals surface area contributed by atoms with Crippen molar-refractivity contribution in [2.75, 3.05) is 13.7 Å². The smallest absolute Gasteiger partial charge is 0.129 e. The van der Waals surface area contributed by atoms with Gasteiger partial charge in [0, 0.05) is 18.6 Å². The van der Waals surface area contributed by atoms with E-state index in [2.05, 4.69) is 0 Å². The Morgan fingerprint density at radius 2 is 1.85 bits per heavy atom. The fourth-order valence-electron chi connectivity index (χ4n) is 3.32. The molecule has 1 aliphatic heterocycles. The number of aliphatic hydroxyl groups is 2. The average Bonchev–Trinajstić information content (AvgIpc) is 2.66. The van der Waals surface area contributed by atoms with Crippen molar-refractivity contribution in [3.8, 4) is 5.75 Å². The van der Waals surface area contributed by atoms with Gasteiger partial charge >= 0.3 is 0 Å². The van der Waals surface area contributed by atoms with E-state index in [1.54, 1.807) is 7.11 Å². The zero-order valence-electron chi connectivity index (χ0n) is 15.5. The van der Waals surface area contributed by atoms with E-state index in [9.17, 15) is 10.2 Å². The van der Waals surface area contributed by atoms with Gasteiger partial charge in [0.15, 0.2) is 0 Å². The molecule has 146 valence electrons. The van der Waals surface area contributed by atoms with Crippen molar-refractivity contribution in [1.82, 2.24) is 0 Å². The van der Waals surface area contributed by atoms with Crippen molar-refractivity contribution in [3.05, 3.63) is 64.2 Å². The largest absolute Gasteiger partial charge is 0.494 e. The van der Waals surface area contributed by atoms with Crippen molar-refractivity contribution in [2.24, 2.45) is 0 Å². The van der Waals surface area contributed by atoms with Crippen LogP contribution in [-0.4, -0.2) is 41.6 Å². The molecule has 0 bridgehead atoms. The highest BCUT2D eigenvalue weighted by atomic mass is 35.5. The summed E-state index contributed by atoms with van der Waals surface area (Å²) in [5.74, 6) is 0.854. The van der Waals surface area contributed by atoms with Crippen molar-refractivity contribution in [1.29, 1.82) is 0 Å². The molecule has 0 radical (unpaired) electrons. The Morgan fingerprint density at radius 3 is 2.52 bits per heavy atom. The van der Waals surface area contributed by atoms with Gasteiger partial charge in [0.05, 0.1) is 24.1 Å². The van der Waals surface area contributed by atoms with Gasteiger partial charge in [-0.15, -0.1) is 11.8 Å². The number of benzene rings is 2. The number of ether oxygens (including phenoxy) is 2. The van der Waals surface area contributed by atoms with Gasteiger partial charge in [0.25, 0.3) is 0 Å². The van der Waals surface area contributed by atoms with E-state index in [-0.39, 0.29) is 10.7 Å². The molecule has 2 aromatic rings.